The fourth-order valence-corrected chi connectivity index (χ4v) is 7.30. The van der Waals surface area contributed by atoms with Crippen LogP contribution in [0.2, 0.25) is 0 Å². The number of rotatable bonds is 6. The van der Waals surface area contributed by atoms with Crippen molar-refractivity contribution in [3.63, 3.8) is 0 Å². The number of benzene rings is 1. The molecule has 0 saturated carbocycles. The molecular formula is C35H50FN7O2. The first-order chi connectivity index (χ1) is 21.3. The van der Waals surface area contributed by atoms with Gasteiger partial charge in [-0.25, -0.2) is 19.2 Å². The third kappa shape index (κ3) is 7.27. The molecule has 0 unspecified atom stereocenters. The number of H-pyrrole nitrogens is 1. The van der Waals surface area contributed by atoms with E-state index < -0.39 is 11.3 Å². The smallest absolute Gasteiger partial charge is 0.410 e. The van der Waals surface area contributed by atoms with Gasteiger partial charge in [-0.15, -0.1) is 0 Å². The van der Waals surface area contributed by atoms with E-state index in [4.69, 9.17) is 14.7 Å². The molecule has 2 aromatic heterocycles. The van der Waals surface area contributed by atoms with E-state index in [1.165, 1.54) is 10.9 Å². The second kappa shape index (κ2) is 12.5. The lowest BCUT2D eigenvalue weighted by molar-refractivity contribution is 0.0130. The van der Waals surface area contributed by atoms with E-state index in [2.05, 4.69) is 50.9 Å². The van der Waals surface area contributed by atoms with Crippen molar-refractivity contribution in [3.8, 4) is 0 Å². The number of hydrogen-bond donors (Lipinski definition) is 1. The number of para-hydroxylation sites is 1. The number of ether oxygens (including phenoxy) is 1. The van der Waals surface area contributed by atoms with Crippen LogP contribution in [0.15, 0.2) is 36.7 Å². The van der Waals surface area contributed by atoms with Crippen LogP contribution >= 0.6 is 0 Å². The van der Waals surface area contributed by atoms with Crippen molar-refractivity contribution < 1.29 is 13.9 Å². The summed E-state index contributed by atoms with van der Waals surface area (Å²) in [6.45, 7) is 17.7. The number of piperazine rings is 1. The van der Waals surface area contributed by atoms with Gasteiger partial charge in [0.15, 0.2) is 0 Å². The highest BCUT2D eigenvalue weighted by molar-refractivity contribution is 5.85. The average Bonchev–Trinajstić information content (AvgIpc) is 3.35. The summed E-state index contributed by atoms with van der Waals surface area (Å²) < 4.78 is 20.6. The highest BCUT2D eigenvalue weighted by atomic mass is 19.1. The molecule has 2 fully saturated rings. The summed E-state index contributed by atoms with van der Waals surface area (Å²) in [5.74, 6) is 1.39. The number of carbonyl (C=O) groups excluding carboxylic acids is 1. The van der Waals surface area contributed by atoms with Gasteiger partial charge in [0.2, 0.25) is 5.95 Å². The molecule has 0 radical (unpaired) electrons. The van der Waals surface area contributed by atoms with Crippen LogP contribution in [0.5, 0.6) is 0 Å². The van der Waals surface area contributed by atoms with Gasteiger partial charge < -0.3 is 19.5 Å². The van der Waals surface area contributed by atoms with E-state index in [0.29, 0.717) is 25.6 Å². The zero-order valence-electron chi connectivity index (χ0n) is 27.9. The Labute approximate surface area is 267 Å². The Kier molecular flexibility index (Phi) is 8.82. The summed E-state index contributed by atoms with van der Waals surface area (Å²) in [5, 5.41) is 1.24. The quantitative estimate of drug-likeness (QED) is 0.373. The van der Waals surface area contributed by atoms with Gasteiger partial charge in [-0.1, -0.05) is 18.2 Å². The third-order valence-electron chi connectivity index (χ3n) is 9.49. The Hall–Kier alpha value is -3.24. The van der Waals surface area contributed by atoms with Crippen molar-refractivity contribution in [2.75, 3.05) is 57.3 Å². The molecule has 1 amide bonds. The Bertz CT molecular complexity index is 1460. The lowest BCUT2D eigenvalue weighted by atomic mass is 9.88. The van der Waals surface area contributed by atoms with E-state index in [0.717, 1.165) is 74.7 Å². The molecule has 0 spiro atoms. The lowest BCUT2D eigenvalue weighted by Crippen LogP contribution is -2.51. The monoisotopic (exact) mass is 619 g/mol. The van der Waals surface area contributed by atoms with Crippen LogP contribution in [0.4, 0.5) is 15.1 Å². The summed E-state index contributed by atoms with van der Waals surface area (Å²) in [4.78, 5) is 34.7. The number of fused-ring (bicyclic) bond motifs is 3. The van der Waals surface area contributed by atoms with Crippen LogP contribution in [-0.4, -0.2) is 105 Å². The van der Waals surface area contributed by atoms with Crippen LogP contribution < -0.4 is 4.90 Å². The molecule has 3 aliphatic rings. The number of halogens is 1. The molecule has 2 saturated heterocycles. The van der Waals surface area contributed by atoms with Gasteiger partial charge in [0.25, 0.3) is 0 Å². The van der Waals surface area contributed by atoms with Crippen LogP contribution in [0.3, 0.4) is 0 Å². The van der Waals surface area contributed by atoms with Gasteiger partial charge >= 0.3 is 6.09 Å². The minimum atomic E-state index is -1.33. The van der Waals surface area contributed by atoms with Crippen LogP contribution in [-0.2, 0) is 11.2 Å². The molecule has 244 valence electrons. The molecule has 3 aromatic rings. The number of nitrogens with zero attached hydrogens (tertiary/aromatic N) is 6. The van der Waals surface area contributed by atoms with E-state index in [1.807, 2.05) is 38.1 Å². The molecule has 2 atom stereocenters. The van der Waals surface area contributed by atoms with E-state index >= 15 is 4.39 Å². The molecule has 0 bridgehead atoms. The molecule has 10 heteroatoms. The zero-order valence-corrected chi connectivity index (χ0v) is 27.9. The highest BCUT2D eigenvalue weighted by Crippen LogP contribution is 2.41. The molecule has 0 aliphatic carbocycles. The number of aromatic nitrogens is 3. The fourth-order valence-electron chi connectivity index (χ4n) is 7.30. The number of aromatic amines is 1. The van der Waals surface area contributed by atoms with Crippen molar-refractivity contribution in [2.24, 2.45) is 5.92 Å². The zero-order chi connectivity index (χ0) is 31.9. The molecule has 1 N–H and O–H groups in total. The van der Waals surface area contributed by atoms with Gasteiger partial charge in [0.05, 0.1) is 6.04 Å². The van der Waals surface area contributed by atoms with Gasteiger partial charge in [-0.05, 0) is 78.4 Å². The standard InChI is InChI=1S/C35H50FN7O2/c1-24-19-28-27-9-7-8-10-29(27)39-30(28)31(43(24)23-35(5,6)36)26-20-37-32(38-21-26)41-13-11-25(12-14-41)22-40-15-17-42(18-16-40)33(44)45-34(2,3)4/h7-10,20-21,24-25,31,39H,11-19,22-23H2,1-6H3/t24-,31-/m1/s1. The maximum absolute atomic E-state index is 15.1. The average molecular weight is 620 g/mol. The van der Waals surface area contributed by atoms with Crippen molar-refractivity contribution in [3.05, 3.63) is 53.5 Å². The molecule has 3 aliphatic heterocycles. The summed E-state index contributed by atoms with van der Waals surface area (Å²) in [6, 6.07) is 8.47. The van der Waals surface area contributed by atoms with Crippen LogP contribution in [0, 0.1) is 5.92 Å². The SMILES string of the molecule is C[C@@H]1Cc2c([nH]c3ccccc23)[C@@H](c2cnc(N3CCC(CN4CCN(C(=O)OC(C)(C)C)CC4)CC3)nc2)N1CC(C)(C)F. The van der Waals surface area contributed by atoms with Gasteiger partial charge in [0, 0.05) is 93.0 Å². The maximum Gasteiger partial charge on any atom is 0.410 e. The molecule has 5 heterocycles. The van der Waals surface area contributed by atoms with Gasteiger partial charge in [0.1, 0.15) is 11.3 Å². The number of nitrogens with one attached hydrogen (secondary N) is 1. The van der Waals surface area contributed by atoms with Gasteiger partial charge in [-0.2, -0.15) is 0 Å². The first-order valence-electron chi connectivity index (χ1n) is 16.7. The molecule has 9 nitrogen and oxygen atoms in total. The fraction of sp³-hybridized carbons (Fsp3) is 0.629. The summed E-state index contributed by atoms with van der Waals surface area (Å²) in [5.41, 5.74) is 2.76. The number of carbonyl (C=O) groups is 1. The topological polar surface area (TPSA) is 80.8 Å². The summed E-state index contributed by atoms with van der Waals surface area (Å²) in [7, 11) is 0. The maximum atomic E-state index is 15.1. The number of piperidine rings is 1. The Morgan fingerprint density at radius 1 is 1.00 bits per heavy atom. The highest BCUT2D eigenvalue weighted by Gasteiger charge is 2.39. The summed E-state index contributed by atoms with van der Waals surface area (Å²) in [6.07, 6.45) is 6.76. The minimum absolute atomic E-state index is 0.137. The van der Waals surface area contributed by atoms with E-state index in [-0.39, 0.29) is 18.2 Å². The Morgan fingerprint density at radius 3 is 2.31 bits per heavy atom. The minimum Gasteiger partial charge on any atom is -0.444 e. The Morgan fingerprint density at radius 2 is 1.67 bits per heavy atom. The van der Waals surface area contributed by atoms with E-state index in [9.17, 15) is 4.79 Å². The first kappa shape index (κ1) is 31.7. The predicted molar refractivity (Wildman–Crippen MR) is 176 cm³/mol. The van der Waals surface area contributed by atoms with Crippen molar-refractivity contribution in [1.82, 2.24) is 29.7 Å². The number of alkyl halides is 1. The summed E-state index contributed by atoms with van der Waals surface area (Å²) >= 11 is 0. The lowest BCUT2D eigenvalue weighted by Gasteiger charge is -2.42. The first-order valence-corrected chi connectivity index (χ1v) is 16.7. The largest absolute Gasteiger partial charge is 0.444 e. The second-order valence-corrected chi connectivity index (χ2v) is 14.9. The van der Waals surface area contributed by atoms with Crippen LogP contribution in [0.1, 0.15) is 77.2 Å². The van der Waals surface area contributed by atoms with E-state index in [1.54, 1.807) is 13.8 Å². The molecular weight excluding hydrogens is 569 g/mol. The number of hydrogen-bond acceptors (Lipinski definition) is 7. The predicted octanol–water partition coefficient (Wildman–Crippen LogP) is 5.81. The van der Waals surface area contributed by atoms with Crippen molar-refractivity contribution in [2.45, 2.75) is 84.2 Å². The molecule has 45 heavy (non-hydrogen) atoms. The number of amides is 1. The normalized spacial score (nSPS) is 22.6. The number of anilines is 1. The molecule has 6 rings (SSSR count). The molecule has 1 aromatic carbocycles. The van der Waals surface area contributed by atoms with Crippen molar-refractivity contribution >= 4 is 22.9 Å². The third-order valence-corrected chi connectivity index (χ3v) is 9.49. The second-order valence-electron chi connectivity index (χ2n) is 14.9. The van der Waals surface area contributed by atoms with Crippen LogP contribution in [0.25, 0.3) is 10.9 Å². The van der Waals surface area contributed by atoms with Gasteiger partial charge in [-0.3, -0.25) is 9.80 Å². The Balaban J connectivity index is 1.09. The van der Waals surface area contributed by atoms with Crippen molar-refractivity contribution in [1.29, 1.82) is 0 Å².